The molecular formula is C23H32N4O3S. The molecule has 1 aromatic carbocycles. The van der Waals surface area contributed by atoms with Crippen LogP contribution >= 0.6 is 11.5 Å². The molecule has 1 N–H and O–H groups in total. The monoisotopic (exact) mass is 444 g/mol. The van der Waals surface area contributed by atoms with Gasteiger partial charge < -0.3 is 15.0 Å². The van der Waals surface area contributed by atoms with Gasteiger partial charge in [0.1, 0.15) is 11.8 Å². The van der Waals surface area contributed by atoms with Gasteiger partial charge in [0.05, 0.1) is 7.11 Å². The van der Waals surface area contributed by atoms with Crippen LogP contribution in [0.3, 0.4) is 0 Å². The number of amides is 2. The van der Waals surface area contributed by atoms with E-state index >= 15 is 0 Å². The van der Waals surface area contributed by atoms with E-state index < -0.39 is 11.6 Å². The Bertz CT molecular complexity index is 886. The van der Waals surface area contributed by atoms with E-state index in [0.717, 1.165) is 42.8 Å². The highest BCUT2D eigenvalue weighted by atomic mass is 32.1. The smallest absolute Gasteiger partial charge is 0.276 e. The van der Waals surface area contributed by atoms with E-state index in [-0.39, 0.29) is 23.6 Å². The predicted molar refractivity (Wildman–Crippen MR) is 121 cm³/mol. The highest BCUT2D eigenvalue weighted by Crippen LogP contribution is 2.35. The average molecular weight is 445 g/mol. The third kappa shape index (κ3) is 5.81. The first-order valence-electron chi connectivity index (χ1n) is 10.8. The lowest BCUT2D eigenvalue weighted by atomic mass is 9.85. The number of nitrogens with zero attached hydrogens (tertiary/aromatic N) is 3. The first-order chi connectivity index (χ1) is 14.7. The molecule has 0 aliphatic heterocycles. The summed E-state index contributed by atoms with van der Waals surface area (Å²) in [6.07, 6.45) is 3.76. The Morgan fingerprint density at radius 1 is 1.23 bits per heavy atom. The summed E-state index contributed by atoms with van der Waals surface area (Å²) in [6, 6.07) is 6.55. The van der Waals surface area contributed by atoms with Crippen molar-refractivity contribution in [3.8, 4) is 5.75 Å². The lowest BCUT2D eigenvalue weighted by Gasteiger charge is -2.41. The van der Waals surface area contributed by atoms with E-state index in [2.05, 4.69) is 21.8 Å². The van der Waals surface area contributed by atoms with Gasteiger partial charge >= 0.3 is 0 Å². The molecule has 2 aromatic rings. The molecule has 0 spiro atoms. The lowest BCUT2D eigenvalue weighted by Crippen LogP contribution is -2.53. The lowest BCUT2D eigenvalue weighted by molar-refractivity contribution is -0.128. The van der Waals surface area contributed by atoms with Crippen LogP contribution in [0.15, 0.2) is 29.6 Å². The molecule has 0 bridgehead atoms. The van der Waals surface area contributed by atoms with E-state index in [1.165, 1.54) is 0 Å². The van der Waals surface area contributed by atoms with E-state index in [1.807, 2.05) is 45.0 Å². The van der Waals surface area contributed by atoms with Crippen LogP contribution in [0.2, 0.25) is 0 Å². The van der Waals surface area contributed by atoms with Crippen LogP contribution in [0.25, 0.3) is 0 Å². The quantitative estimate of drug-likeness (QED) is 0.721. The van der Waals surface area contributed by atoms with Gasteiger partial charge in [-0.05, 0) is 81.6 Å². The summed E-state index contributed by atoms with van der Waals surface area (Å²) >= 11 is 1.14. The Morgan fingerprint density at radius 2 is 1.94 bits per heavy atom. The van der Waals surface area contributed by atoms with Crippen molar-refractivity contribution in [1.29, 1.82) is 0 Å². The number of carbonyl (C=O) groups excluding carboxylic acids is 2. The second-order valence-electron chi connectivity index (χ2n) is 9.33. The zero-order valence-corrected chi connectivity index (χ0v) is 19.7. The summed E-state index contributed by atoms with van der Waals surface area (Å²) < 4.78 is 9.27. The van der Waals surface area contributed by atoms with Gasteiger partial charge in [0.15, 0.2) is 5.69 Å². The molecule has 1 aliphatic rings. The van der Waals surface area contributed by atoms with Crippen LogP contribution < -0.4 is 10.1 Å². The maximum absolute atomic E-state index is 13.6. The summed E-state index contributed by atoms with van der Waals surface area (Å²) in [5, 5.41) is 8.73. The van der Waals surface area contributed by atoms with Crippen LogP contribution in [-0.2, 0) is 4.79 Å². The van der Waals surface area contributed by atoms with Gasteiger partial charge in [-0.15, -0.1) is 5.10 Å². The fourth-order valence-corrected chi connectivity index (χ4v) is 4.52. The number of nitrogens with one attached hydrogen (secondary N) is 1. The van der Waals surface area contributed by atoms with Crippen LogP contribution in [0.5, 0.6) is 5.75 Å². The summed E-state index contributed by atoms with van der Waals surface area (Å²) in [5.74, 6) is 0.792. The number of methoxy groups -OCH3 is 1. The van der Waals surface area contributed by atoms with Crippen molar-refractivity contribution in [3.05, 3.63) is 40.9 Å². The normalized spacial score (nSPS) is 20.0. The summed E-state index contributed by atoms with van der Waals surface area (Å²) in [7, 11) is 1.59. The van der Waals surface area contributed by atoms with Crippen molar-refractivity contribution in [3.63, 3.8) is 0 Å². The van der Waals surface area contributed by atoms with Crippen molar-refractivity contribution in [1.82, 2.24) is 19.8 Å². The van der Waals surface area contributed by atoms with Gasteiger partial charge in [0.25, 0.3) is 5.91 Å². The Kier molecular flexibility index (Phi) is 7.30. The Morgan fingerprint density at radius 3 is 2.52 bits per heavy atom. The average Bonchev–Trinajstić information content (AvgIpc) is 3.26. The predicted octanol–water partition coefficient (Wildman–Crippen LogP) is 4.22. The number of benzene rings is 1. The number of carbonyl (C=O) groups is 2. The Labute approximate surface area is 188 Å². The molecule has 3 rings (SSSR count). The SMILES string of the molecule is COc1cccc(C(C(=O)NC(C)(C)C)N(C(=O)c2csnn2)C2CCC(C)CC2)c1. The van der Waals surface area contributed by atoms with Crippen LogP contribution in [-0.4, -0.2) is 45.0 Å². The maximum Gasteiger partial charge on any atom is 0.276 e. The van der Waals surface area contributed by atoms with Gasteiger partial charge in [-0.1, -0.05) is 23.5 Å². The number of hydrogen-bond donors (Lipinski definition) is 1. The van der Waals surface area contributed by atoms with Gasteiger partial charge in [-0.2, -0.15) is 0 Å². The van der Waals surface area contributed by atoms with Gasteiger partial charge in [0.2, 0.25) is 5.91 Å². The molecule has 1 fully saturated rings. The molecule has 8 heteroatoms. The van der Waals surface area contributed by atoms with Crippen LogP contribution in [0.4, 0.5) is 0 Å². The Balaban J connectivity index is 2.08. The highest BCUT2D eigenvalue weighted by Gasteiger charge is 2.39. The zero-order chi connectivity index (χ0) is 22.6. The second-order valence-corrected chi connectivity index (χ2v) is 9.94. The van der Waals surface area contributed by atoms with E-state index in [9.17, 15) is 9.59 Å². The minimum atomic E-state index is -0.790. The zero-order valence-electron chi connectivity index (χ0n) is 18.9. The van der Waals surface area contributed by atoms with Gasteiger partial charge in [-0.3, -0.25) is 9.59 Å². The van der Waals surface area contributed by atoms with Crippen molar-refractivity contribution >= 4 is 23.3 Å². The third-order valence-electron chi connectivity index (χ3n) is 5.63. The van der Waals surface area contributed by atoms with Crippen molar-refractivity contribution in [2.75, 3.05) is 7.11 Å². The first-order valence-corrected chi connectivity index (χ1v) is 11.6. The number of aromatic nitrogens is 2. The van der Waals surface area contributed by atoms with Crippen LogP contribution in [0, 0.1) is 5.92 Å². The molecular weight excluding hydrogens is 412 g/mol. The molecule has 0 radical (unpaired) electrons. The minimum absolute atomic E-state index is 0.0488. The topological polar surface area (TPSA) is 84.4 Å². The highest BCUT2D eigenvalue weighted by molar-refractivity contribution is 7.03. The number of hydrogen-bond acceptors (Lipinski definition) is 6. The molecule has 1 atom stereocenters. The molecule has 1 saturated carbocycles. The summed E-state index contributed by atoms with van der Waals surface area (Å²) in [4.78, 5) is 29.0. The number of ether oxygens (including phenoxy) is 1. The molecule has 2 amide bonds. The largest absolute Gasteiger partial charge is 0.497 e. The summed E-state index contributed by atoms with van der Waals surface area (Å²) in [6.45, 7) is 8.05. The second kappa shape index (κ2) is 9.77. The molecule has 7 nitrogen and oxygen atoms in total. The molecule has 31 heavy (non-hydrogen) atoms. The van der Waals surface area contributed by atoms with E-state index in [1.54, 1.807) is 17.4 Å². The molecule has 168 valence electrons. The first kappa shape index (κ1) is 23.2. The fraction of sp³-hybridized carbons (Fsp3) is 0.565. The minimum Gasteiger partial charge on any atom is -0.497 e. The molecule has 1 aliphatic carbocycles. The molecule has 1 heterocycles. The number of rotatable bonds is 6. The fourth-order valence-electron chi connectivity index (χ4n) is 4.09. The van der Waals surface area contributed by atoms with Crippen molar-refractivity contribution in [2.24, 2.45) is 5.92 Å². The molecule has 1 aromatic heterocycles. The van der Waals surface area contributed by atoms with Gasteiger partial charge in [0, 0.05) is 17.0 Å². The standard InChI is InChI=1S/C23H32N4O3S/c1-15-9-11-17(12-10-15)27(22(29)19-14-31-26-25-19)20(21(28)24-23(2,3)4)16-7-6-8-18(13-16)30-5/h6-8,13-15,17,20H,9-12H2,1-5H3,(H,24,28). The van der Waals surface area contributed by atoms with Crippen molar-refractivity contribution < 1.29 is 14.3 Å². The van der Waals surface area contributed by atoms with E-state index in [0.29, 0.717) is 11.7 Å². The van der Waals surface area contributed by atoms with Gasteiger partial charge in [-0.25, -0.2) is 0 Å². The van der Waals surface area contributed by atoms with E-state index in [4.69, 9.17) is 4.74 Å². The molecule has 0 saturated heterocycles. The maximum atomic E-state index is 13.6. The van der Waals surface area contributed by atoms with Crippen molar-refractivity contribution in [2.45, 2.75) is 71.0 Å². The Hall–Kier alpha value is -2.48. The molecule has 1 unspecified atom stereocenters. The third-order valence-corrected chi connectivity index (χ3v) is 6.13. The summed E-state index contributed by atoms with van der Waals surface area (Å²) in [5.41, 5.74) is 0.558. The van der Waals surface area contributed by atoms with Crippen LogP contribution in [0.1, 0.15) is 75.5 Å².